The summed E-state index contributed by atoms with van der Waals surface area (Å²) in [6.07, 6.45) is 3.01. The van der Waals surface area contributed by atoms with E-state index in [1.54, 1.807) is 12.1 Å². The van der Waals surface area contributed by atoms with Crippen molar-refractivity contribution >= 4 is 0 Å². The first-order chi connectivity index (χ1) is 12.0. The van der Waals surface area contributed by atoms with Crippen molar-refractivity contribution in [2.45, 2.75) is 40.0 Å². The molecule has 0 atom stereocenters. The Morgan fingerprint density at radius 2 is 1.88 bits per heavy atom. The van der Waals surface area contributed by atoms with Gasteiger partial charge in [0, 0.05) is 11.0 Å². The minimum absolute atomic E-state index is 0.0488. The van der Waals surface area contributed by atoms with Crippen LogP contribution >= 0.6 is 0 Å². The van der Waals surface area contributed by atoms with Crippen LogP contribution in [0.2, 0.25) is 0 Å². The Labute approximate surface area is 147 Å². The zero-order chi connectivity index (χ0) is 17.6. The molecule has 4 nitrogen and oxygen atoms in total. The lowest BCUT2D eigenvalue weighted by Crippen LogP contribution is -2.44. The summed E-state index contributed by atoms with van der Waals surface area (Å²) in [5.41, 5.74) is 5.94. The molecule has 0 spiro atoms. The Balaban J connectivity index is 1.67. The van der Waals surface area contributed by atoms with Crippen LogP contribution in [0.4, 0.5) is 4.39 Å². The highest BCUT2D eigenvalue weighted by Crippen LogP contribution is 2.36. The smallest absolute Gasteiger partial charge is 0.316 e. The van der Waals surface area contributed by atoms with Gasteiger partial charge in [-0.05, 0) is 61.9 Å². The zero-order valence-electron chi connectivity index (χ0n) is 15.0. The van der Waals surface area contributed by atoms with Gasteiger partial charge in [0.1, 0.15) is 12.4 Å². The average molecular weight is 342 g/mol. The molecule has 25 heavy (non-hydrogen) atoms. The van der Waals surface area contributed by atoms with Crippen molar-refractivity contribution in [2.24, 2.45) is 5.41 Å². The molecule has 1 aromatic carbocycles. The fourth-order valence-electron chi connectivity index (χ4n) is 3.80. The number of aryl methyl sites for hydroxylation is 3. The number of ether oxygens (including phenoxy) is 2. The maximum Gasteiger partial charge on any atom is 0.316 e. The van der Waals surface area contributed by atoms with Crippen LogP contribution < -0.4 is 4.74 Å². The van der Waals surface area contributed by atoms with Crippen LogP contribution in [-0.4, -0.2) is 29.8 Å². The van der Waals surface area contributed by atoms with Crippen LogP contribution in [0, 0.1) is 25.1 Å². The molecule has 0 radical (unpaired) electrons. The lowest BCUT2D eigenvalue weighted by Gasteiger charge is -2.37. The molecule has 2 aromatic rings. The predicted octanol–water partition coefficient (Wildman–Crippen LogP) is 3.80. The van der Waals surface area contributed by atoms with E-state index in [-0.39, 0.29) is 11.2 Å². The molecule has 0 amide bonds. The lowest BCUT2D eigenvalue weighted by atomic mass is 9.90. The first-order valence-corrected chi connectivity index (χ1v) is 8.83. The fourth-order valence-corrected chi connectivity index (χ4v) is 3.80. The molecule has 0 bridgehead atoms. The van der Waals surface area contributed by atoms with E-state index in [9.17, 15) is 4.39 Å². The molecule has 1 saturated heterocycles. The van der Waals surface area contributed by atoms with Crippen LogP contribution in [0.15, 0.2) is 12.1 Å². The normalized spacial score (nSPS) is 17.9. The fraction of sp³-hybridized carbons (Fsp3) is 0.500. The highest BCUT2D eigenvalue weighted by Gasteiger charge is 2.34. The van der Waals surface area contributed by atoms with Crippen molar-refractivity contribution in [2.75, 3.05) is 19.8 Å². The van der Waals surface area contributed by atoms with Gasteiger partial charge in [0.05, 0.1) is 24.6 Å². The summed E-state index contributed by atoms with van der Waals surface area (Å²) in [5.74, 6) is -0.187. The van der Waals surface area contributed by atoms with Crippen molar-refractivity contribution in [3.63, 3.8) is 0 Å². The summed E-state index contributed by atoms with van der Waals surface area (Å²) in [6, 6.07) is 3.67. The average Bonchev–Trinajstić information content (AvgIpc) is 2.98. The maximum atomic E-state index is 14.1. The topological polar surface area (TPSA) is 44.2 Å². The third-order valence-electron chi connectivity index (χ3n) is 5.15. The Kier molecular flexibility index (Phi) is 3.99. The minimum Gasteiger partial charge on any atom is -0.463 e. The summed E-state index contributed by atoms with van der Waals surface area (Å²) in [7, 11) is 0. The van der Waals surface area contributed by atoms with Crippen LogP contribution in [0.25, 0.3) is 11.1 Å². The first-order valence-electron chi connectivity index (χ1n) is 8.83. The van der Waals surface area contributed by atoms with Crippen LogP contribution in [0.5, 0.6) is 6.01 Å². The van der Waals surface area contributed by atoms with Crippen molar-refractivity contribution in [1.82, 2.24) is 9.97 Å². The van der Waals surface area contributed by atoms with E-state index < -0.39 is 0 Å². The SMILES string of the molecule is Cc1nc(OCC2(C)COC2)nc(C)c1-c1cc(F)cc2c1CCC2. The van der Waals surface area contributed by atoms with Gasteiger partial charge < -0.3 is 9.47 Å². The van der Waals surface area contributed by atoms with Crippen LogP contribution in [0.1, 0.15) is 35.9 Å². The summed E-state index contributed by atoms with van der Waals surface area (Å²) >= 11 is 0. The van der Waals surface area contributed by atoms with Gasteiger partial charge in [0.15, 0.2) is 0 Å². The largest absolute Gasteiger partial charge is 0.463 e. The van der Waals surface area contributed by atoms with Gasteiger partial charge in [-0.25, -0.2) is 4.39 Å². The van der Waals surface area contributed by atoms with E-state index in [4.69, 9.17) is 9.47 Å². The monoisotopic (exact) mass is 342 g/mol. The highest BCUT2D eigenvalue weighted by molar-refractivity contribution is 5.73. The Hall–Kier alpha value is -2.01. The molecule has 1 aliphatic carbocycles. The zero-order valence-corrected chi connectivity index (χ0v) is 15.0. The van der Waals surface area contributed by atoms with Gasteiger partial charge in [-0.15, -0.1) is 0 Å². The Bertz CT molecular complexity index is 808. The molecule has 0 unspecified atom stereocenters. The van der Waals surface area contributed by atoms with Crippen LogP contribution in [-0.2, 0) is 17.6 Å². The molecular weight excluding hydrogens is 319 g/mol. The number of hydrogen-bond donors (Lipinski definition) is 0. The van der Waals surface area contributed by atoms with E-state index in [0.717, 1.165) is 47.3 Å². The number of rotatable bonds is 4. The highest BCUT2D eigenvalue weighted by atomic mass is 19.1. The predicted molar refractivity (Wildman–Crippen MR) is 93.3 cm³/mol. The number of halogens is 1. The Morgan fingerprint density at radius 3 is 2.52 bits per heavy atom. The maximum absolute atomic E-state index is 14.1. The van der Waals surface area contributed by atoms with E-state index in [2.05, 4.69) is 16.9 Å². The lowest BCUT2D eigenvalue weighted by molar-refractivity contribution is -0.121. The van der Waals surface area contributed by atoms with Crippen LogP contribution in [0.3, 0.4) is 0 Å². The molecule has 4 rings (SSSR count). The van der Waals surface area contributed by atoms with Gasteiger partial charge >= 0.3 is 6.01 Å². The minimum atomic E-state index is -0.187. The standard InChI is InChI=1S/C20H23FN2O2/c1-12-18(17-8-15(21)7-14-5-4-6-16(14)17)13(2)23-19(22-12)25-11-20(3)9-24-10-20/h7-8H,4-6,9-11H2,1-3H3. The van der Waals surface area contributed by atoms with Crippen molar-refractivity contribution in [3.8, 4) is 17.1 Å². The molecule has 5 heteroatoms. The van der Waals surface area contributed by atoms with Crippen molar-refractivity contribution in [3.05, 3.63) is 40.5 Å². The van der Waals surface area contributed by atoms with E-state index in [0.29, 0.717) is 25.8 Å². The van der Waals surface area contributed by atoms with E-state index in [1.165, 1.54) is 5.56 Å². The summed E-state index contributed by atoms with van der Waals surface area (Å²) in [6.45, 7) is 7.97. The first kappa shape index (κ1) is 16.5. The second-order valence-electron chi connectivity index (χ2n) is 7.59. The summed E-state index contributed by atoms with van der Waals surface area (Å²) < 4.78 is 25.1. The van der Waals surface area contributed by atoms with E-state index >= 15 is 0 Å². The number of nitrogens with zero attached hydrogens (tertiary/aromatic N) is 2. The molecule has 1 aliphatic heterocycles. The number of fused-ring (bicyclic) bond motifs is 1. The molecule has 2 heterocycles. The third kappa shape index (κ3) is 3.01. The van der Waals surface area contributed by atoms with Gasteiger partial charge in [0.25, 0.3) is 0 Å². The molecule has 0 N–H and O–H groups in total. The molecule has 2 aliphatic rings. The second kappa shape index (κ2) is 6.06. The molecule has 1 fully saturated rings. The summed E-state index contributed by atoms with van der Waals surface area (Å²) in [4.78, 5) is 9.06. The van der Waals surface area contributed by atoms with Gasteiger partial charge in [0.2, 0.25) is 0 Å². The number of aromatic nitrogens is 2. The van der Waals surface area contributed by atoms with Gasteiger partial charge in [-0.3, -0.25) is 0 Å². The molecule has 0 saturated carbocycles. The quantitative estimate of drug-likeness (QED) is 0.848. The van der Waals surface area contributed by atoms with Crippen molar-refractivity contribution < 1.29 is 13.9 Å². The van der Waals surface area contributed by atoms with Crippen molar-refractivity contribution in [1.29, 1.82) is 0 Å². The third-order valence-corrected chi connectivity index (χ3v) is 5.15. The number of hydrogen-bond acceptors (Lipinski definition) is 4. The van der Waals surface area contributed by atoms with Gasteiger partial charge in [-0.2, -0.15) is 9.97 Å². The van der Waals surface area contributed by atoms with E-state index in [1.807, 2.05) is 13.8 Å². The molecule has 1 aromatic heterocycles. The Morgan fingerprint density at radius 1 is 1.16 bits per heavy atom. The second-order valence-corrected chi connectivity index (χ2v) is 7.59. The van der Waals surface area contributed by atoms with Gasteiger partial charge in [-0.1, -0.05) is 6.92 Å². The number of benzene rings is 1. The molecular formula is C20H23FN2O2. The summed E-state index contributed by atoms with van der Waals surface area (Å²) in [5, 5.41) is 0. The molecule has 132 valence electrons.